The highest BCUT2D eigenvalue weighted by molar-refractivity contribution is 7.99. The number of halogens is 3. The predicted molar refractivity (Wildman–Crippen MR) is 74.5 cm³/mol. The van der Waals surface area contributed by atoms with Crippen LogP contribution in [0.4, 0.5) is 13.2 Å². The number of alkyl halides is 3. The Hall–Kier alpha value is -1.77. The van der Waals surface area contributed by atoms with Crippen LogP contribution in [0, 0.1) is 0 Å². The number of aromatic nitrogens is 1. The summed E-state index contributed by atoms with van der Waals surface area (Å²) in [6.45, 7) is 0.312. The van der Waals surface area contributed by atoms with E-state index in [-0.39, 0.29) is 18.1 Å². The van der Waals surface area contributed by atoms with E-state index in [9.17, 15) is 22.8 Å². The van der Waals surface area contributed by atoms with E-state index in [0.717, 1.165) is 24.0 Å². The Labute approximate surface area is 129 Å². The molecule has 0 aliphatic heterocycles. The molecule has 0 spiro atoms. The van der Waals surface area contributed by atoms with Gasteiger partial charge < -0.3 is 10.0 Å². The van der Waals surface area contributed by atoms with Crippen LogP contribution in [0.5, 0.6) is 0 Å². The molecule has 1 N–H and O–H groups in total. The number of carbonyl (C=O) groups is 2. The number of carbonyl (C=O) groups excluding carboxylic acids is 1. The largest absolute Gasteiger partial charge is 0.481 e. The molecule has 0 saturated carbocycles. The van der Waals surface area contributed by atoms with Crippen molar-refractivity contribution < 1.29 is 27.9 Å². The van der Waals surface area contributed by atoms with Gasteiger partial charge in [-0.15, -0.1) is 0 Å². The van der Waals surface area contributed by atoms with E-state index in [2.05, 4.69) is 4.98 Å². The molecule has 22 heavy (non-hydrogen) atoms. The summed E-state index contributed by atoms with van der Waals surface area (Å²) in [7, 11) is 1.55. The minimum Gasteiger partial charge on any atom is -0.481 e. The number of aliphatic carboxylic acids is 1. The molecule has 0 radical (unpaired) electrons. The summed E-state index contributed by atoms with van der Waals surface area (Å²) in [4.78, 5) is 27.2. The van der Waals surface area contributed by atoms with Crippen LogP contribution in [-0.4, -0.2) is 46.2 Å². The third kappa shape index (κ3) is 6.33. The van der Waals surface area contributed by atoms with Crippen molar-refractivity contribution >= 4 is 23.6 Å². The van der Waals surface area contributed by atoms with E-state index in [1.54, 1.807) is 7.05 Å². The number of rotatable bonds is 7. The number of nitrogens with zero attached hydrogens (tertiary/aromatic N) is 2. The molecule has 0 aromatic carbocycles. The van der Waals surface area contributed by atoms with Crippen LogP contribution in [-0.2, 0) is 15.8 Å². The lowest BCUT2D eigenvalue weighted by Crippen LogP contribution is -2.29. The Balaban J connectivity index is 2.42. The summed E-state index contributed by atoms with van der Waals surface area (Å²) in [6.07, 6.45) is -3.38. The average Bonchev–Trinajstić information content (AvgIpc) is 2.43. The fraction of sp³-hybridized carbons (Fsp3) is 0.462. The maximum Gasteiger partial charge on any atom is 0.417 e. The van der Waals surface area contributed by atoms with Gasteiger partial charge in [-0.2, -0.15) is 13.2 Å². The first-order chi connectivity index (χ1) is 10.2. The van der Waals surface area contributed by atoms with Gasteiger partial charge in [0.05, 0.1) is 16.3 Å². The zero-order valence-corrected chi connectivity index (χ0v) is 12.6. The Morgan fingerprint density at radius 1 is 1.36 bits per heavy atom. The number of carboxylic acids is 1. The summed E-state index contributed by atoms with van der Waals surface area (Å²) >= 11 is 1.03. The molecular formula is C13H15F3N2O3S. The van der Waals surface area contributed by atoms with E-state index in [0.29, 0.717) is 18.0 Å². The highest BCUT2D eigenvalue weighted by Crippen LogP contribution is 2.29. The van der Waals surface area contributed by atoms with E-state index >= 15 is 0 Å². The van der Waals surface area contributed by atoms with Gasteiger partial charge in [0.1, 0.15) is 0 Å². The smallest absolute Gasteiger partial charge is 0.417 e. The zero-order chi connectivity index (χ0) is 16.8. The van der Waals surface area contributed by atoms with Gasteiger partial charge in [0, 0.05) is 26.2 Å². The van der Waals surface area contributed by atoms with Crippen molar-refractivity contribution in [3.05, 3.63) is 23.9 Å². The minimum atomic E-state index is -4.43. The van der Waals surface area contributed by atoms with E-state index < -0.39 is 17.7 Å². The number of carboxylic acid groups (broad SMARTS) is 1. The Bertz CT molecular complexity index is 520. The fourth-order valence-electron chi connectivity index (χ4n) is 1.47. The van der Waals surface area contributed by atoms with Crippen LogP contribution >= 0.6 is 11.8 Å². The first kappa shape index (κ1) is 18.3. The number of hydrogen-bond acceptors (Lipinski definition) is 4. The van der Waals surface area contributed by atoms with E-state index in [1.165, 1.54) is 11.0 Å². The molecule has 0 atom stereocenters. The molecular weight excluding hydrogens is 321 g/mol. The lowest BCUT2D eigenvalue weighted by Gasteiger charge is -2.16. The summed E-state index contributed by atoms with van der Waals surface area (Å²) in [6, 6.07) is 2.13. The van der Waals surface area contributed by atoms with Gasteiger partial charge in [-0.25, -0.2) is 4.98 Å². The zero-order valence-electron chi connectivity index (χ0n) is 11.8. The molecule has 1 heterocycles. The highest BCUT2D eigenvalue weighted by atomic mass is 32.2. The van der Waals surface area contributed by atoms with Gasteiger partial charge in [-0.05, 0) is 18.6 Å². The third-order valence-corrected chi connectivity index (χ3v) is 3.65. The molecule has 122 valence electrons. The molecule has 1 aromatic rings. The lowest BCUT2D eigenvalue weighted by molar-refractivity contribution is -0.138. The quantitative estimate of drug-likeness (QED) is 0.775. The van der Waals surface area contributed by atoms with Crippen molar-refractivity contribution in [2.24, 2.45) is 0 Å². The normalized spacial score (nSPS) is 11.3. The molecule has 5 nitrogen and oxygen atoms in total. The molecule has 1 aromatic heterocycles. The molecule has 1 rings (SSSR count). The number of thioether (sulfide) groups is 1. The van der Waals surface area contributed by atoms with Crippen LogP contribution in [0.3, 0.4) is 0 Å². The highest BCUT2D eigenvalue weighted by Gasteiger charge is 2.30. The lowest BCUT2D eigenvalue weighted by atomic mass is 10.3. The van der Waals surface area contributed by atoms with Crippen LogP contribution in [0.2, 0.25) is 0 Å². The molecule has 1 amide bonds. The monoisotopic (exact) mass is 336 g/mol. The topological polar surface area (TPSA) is 70.5 Å². The molecule has 0 bridgehead atoms. The van der Waals surface area contributed by atoms with Crippen molar-refractivity contribution in [1.29, 1.82) is 0 Å². The molecule has 9 heteroatoms. The number of hydrogen-bond donors (Lipinski definition) is 1. The molecule has 0 aliphatic carbocycles. The number of amides is 1. The summed E-state index contributed by atoms with van der Waals surface area (Å²) in [5.74, 6) is -1.14. The van der Waals surface area contributed by atoms with E-state index in [4.69, 9.17) is 5.11 Å². The van der Waals surface area contributed by atoms with Gasteiger partial charge >= 0.3 is 12.1 Å². The molecule has 0 fully saturated rings. The van der Waals surface area contributed by atoms with Crippen molar-refractivity contribution in [2.75, 3.05) is 19.3 Å². The van der Waals surface area contributed by atoms with Crippen molar-refractivity contribution in [3.8, 4) is 0 Å². The molecule has 0 aliphatic rings. The van der Waals surface area contributed by atoms with Crippen LogP contribution in [0.15, 0.2) is 23.4 Å². The molecule has 0 unspecified atom stereocenters. The van der Waals surface area contributed by atoms with Gasteiger partial charge in [-0.3, -0.25) is 9.59 Å². The van der Waals surface area contributed by atoms with Crippen molar-refractivity contribution in [3.63, 3.8) is 0 Å². The molecule has 0 saturated heterocycles. The maximum absolute atomic E-state index is 12.4. The van der Waals surface area contributed by atoms with Crippen LogP contribution in [0.25, 0.3) is 0 Å². The maximum atomic E-state index is 12.4. The second-order valence-corrected chi connectivity index (χ2v) is 5.48. The number of pyridine rings is 1. The van der Waals surface area contributed by atoms with Crippen LogP contribution in [0.1, 0.15) is 18.4 Å². The first-order valence-corrected chi connectivity index (χ1v) is 7.30. The minimum absolute atomic E-state index is 0.0226. The van der Waals surface area contributed by atoms with Gasteiger partial charge in [0.15, 0.2) is 0 Å². The van der Waals surface area contributed by atoms with Crippen LogP contribution < -0.4 is 0 Å². The Kier molecular flexibility index (Phi) is 6.66. The van der Waals surface area contributed by atoms with Gasteiger partial charge in [0.25, 0.3) is 0 Å². The second kappa shape index (κ2) is 8.02. The van der Waals surface area contributed by atoms with Gasteiger partial charge in [0.2, 0.25) is 5.91 Å². The van der Waals surface area contributed by atoms with Gasteiger partial charge in [-0.1, -0.05) is 11.8 Å². The average molecular weight is 336 g/mol. The Morgan fingerprint density at radius 2 is 2.05 bits per heavy atom. The Morgan fingerprint density at radius 3 is 2.55 bits per heavy atom. The first-order valence-electron chi connectivity index (χ1n) is 6.32. The summed E-state index contributed by atoms with van der Waals surface area (Å²) in [5.41, 5.74) is -0.839. The van der Waals surface area contributed by atoms with Crippen molar-refractivity contribution in [2.45, 2.75) is 24.0 Å². The summed E-state index contributed by atoms with van der Waals surface area (Å²) < 4.78 is 37.1. The predicted octanol–water partition coefficient (Wildman–Crippen LogP) is 2.52. The fourth-order valence-corrected chi connectivity index (χ4v) is 2.25. The second-order valence-electron chi connectivity index (χ2n) is 4.48. The van der Waals surface area contributed by atoms with E-state index in [1.807, 2.05) is 0 Å². The van der Waals surface area contributed by atoms with Crippen molar-refractivity contribution in [1.82, 2.24) is 9.88 Å². The third-order valence-electron chi connectivity index (χ3n) is 2.72. The standard InChI is InChI=1S/C13H15F3N2O3S/c1-18(6-2-3-12(20)21)11(19)8-22-10-5-4-9(7-17-10)13(14,15)16/h4-5,7H,2-3,6,8H2,1H3,(H,20,21). The summed E-state index contributed by atoms with van der Waals surface area (Å²) in [5, 5.41) is 8.82. The SMILES string of the molecule is CN(CCCC(=O)O)C(=O)CSc1ccc(C(F)(F)F)cn1.